The zero-order valence-corrected chi connectivity index (χ0v) is 16.1. The van der Waals surface area contributed by atoms with Crippen LogP contribution in [0.25, 0.3) is 0 Å². The van der Waals surface area contributed by atoms with Crippen molar-refractivity contribution in [1.29, 1.82) is 5.26 Å². The summed E-state index contributed by atoms with van der Waals surface area (Å²) in [4.78, 5) is 25.8. The number of hydrogen-bond donors (Lipinski definition) is 1. The van der Waals surface area contributed by atoms with Crippen molar-refractivity contribution in [3.05, 3.63) is 64.7 Å². The highest BCUT2D eigenvalue weighted by Crippen LogP contribution is 2.32. The van der Waals surface area contributed by atoms with Crippen molar-refractivity contribution in [2.24, 2.45) is 0 Å². The Bertz CT molecular complexity index is 911. The summed E-state index contributed by atoms with van der Waals surface area (Å²) in [5.74, 6) is -0.783. The van der Waals surface area contributed by atoms with Crippen molar-refractivity contribution >= 4 is 29.3 Å². The second-order valence-corrected chi connectivity index (χ2v) is 6.93. The van der Waals surface area contributed by atoms with Crippen LogP contribution in [0.1, 0.15) is 29.9 Å². The van der Waals surface area contributed by atoms with Crippen molar-refractivity contribution < 1.29 is 14.3 Å². The molecule has 2 aromatic rings. The van der Waals surface area contributed by atoms with Gasteiger partial charge in [0.25, 0.3) is 0 Å². The Labute approximate surface area is 168 Å². The number of nitrogens with one attached hydrogen (secondary N) is 1. The lowest BCUT2D eigenvalue weighted by Crippen LogP contribution is -2.43. The Balaban J connectivity index is 1.76. The number of rotatable bonds is 4. The summed E-state index contributed by atoms with van der Waals surface area (Å²) in [5, 5.41) is 12.8. The fourth-order valence-corrected chi connectivity index (χ4v) is 3.70. The summed E-state index contributed by atoms with van der Waals surface area (Å²) in [7, 11) is 1.30. The number of carbonyl (C=O) groups is 2. The first-order valence-corrected chi connectivity index (χ1v) is 9.32. The first-order valence-electron chi connectivity index (χ1n) is 8.94. The van der Waals surface area contributed by atoms with Gasteiger partial charge in [0.2, 0.25) is 5.91 Å². The molecule has 6 nitrogen and oxygen atoms in total. The van der Waals surface area contributed by atoms with E-state index in [0.717, 1.165) is 12.0 Å². The number of ether oxygens (including phenoxy) is 1. The third-order valence-corrected chi connectivity index (χ3v) is 5.13. The molecule has 0 saturated carbocycles. The molecule has 0 aromatic heterocycles. The van der Waals surface area contributed by atoms with Crippen LogP contribution in [-0.4, -0.2) is 36.6 Å². The molecule has 3 rings (SSSR count). The van der Waals surface area contributed by atoms with Gasteiger partial charge >= 0.3 is 6.09 Å². The minimum atomic E-state index is -0.568. The maximum absolute atomic E-state index is 12.6. The van der Waals surface area contributed by atoms with Gasteiger partial charge < -0.3 is 10.1 Å². The molecule has 1 heterocycles. The van der Waals surface area contributed by atoms with Gasteiger partial charge in [-0.3, -0.25) is 9.69 Å². The minimum absolute atomic E-state index is 0.286. The smallest absolute Gasteiger partial charge is 0.410 e. The van der Waals surface area contributed by atoms with Crippen molar-refractivity contribution in [1.82, 2.24) is 4.90 Å². The second-order valence-electron chi connectivity index (χ2n) is 6.52. The van der Waals surface area contributed by atoms with Gasteiger partial charge in [-0.05, 0) is 36.1 Å². The van der Waals surface area contributed by atoms with Gasteiger partial charge in [0.1, 0.15) is 6.04 Å². The number of hydrogen-bond acceptors (Lipinski definition) is 4. The van der Waals surface area contributed by atoms with E-state index in [0.29, 0.717) is 29.2 Å². The molecule has 0 bridgehead atoms. The molecule has 1 N–H and O–H groups in total. The monoisotopic (exact) mass is 397 g/mol. The van der Waals surface area contributed by atoms with Gasteiger partial charge in [-0.2, -0.15) is 5.26 Å². The highest BCUT2D eigenvalue weighted by atomic mass is 35.5. The number of nitriles is 1. The molecule has 0 aliphatic carbocycles. The van der Waals surface area contributed by atoms with Gasteiger partial charge in [-0.15, -0.1) is 0 Å². The Hall–Kier alpha value is -3.04. The molecule has 0 spiro atoms. The molecule has 2 aromatic carbocycles. The lowest BCUT2D eigenvalue weighted by atomic mass is 9.92. The molecular formula is C21H20ClN3O3. The molecule has 0 radical (unpaired) electrons. The van der Waals surface area contributed by atoms with E-state index in [1.54, 1.807) is 18.2 Å². The molecule has 2 unspecified atom stereocenters. The number of benzene rings is 2. The first kappa shape index (κ1) is 19.7. The van der Waals surface area contributed by atoms with Crippen LogP contribution in [0.3, 0.4) is 0 Å². The lowest BCUT2D eigenvalue weighted by Gasteiger charge is -2.22. The lowest BCUT2D eigenvalue weighted by molar-refractivity contribution is -0.119. The highest BCUT2D eigenvalue weighted by molar-refractivity contribution is 6.31. The standard InChI is InChI=1S/C21H20ClN3O3/c1-28-21(27)25-11-5-8-19(25)20(26)24-15-9-10-16(18(22)12-15)17(13-23)14-6-3-2-4-7-14/h2-4,6-7,9-10,12,17,19H,5,8,11H2,1H3,(H,24,26). The second kappa shape index (κ2) is 8.77. The number of carbonyl (C=O) groups excluding carboxylic acids is 2. The molecule has 1 aliphatic heterocycles. The first-order chi connectivity index (χ1) is 13.5. The highest BCUT2D eigenvalue weighted by Gasteiger charge is 2.34. The normalized spacial score (nSPS) is 16.9. The molecule has 1 fully saturated rings. The Kier molecular flexibility index (Phi) is 6.17. The maximum Gasteiger partial charge on any atom is 0.410 e. The molecule has 7 heteroatoms. The van der Waals surface area contributed by atoms with Gasteiger partial charge in [-0.1, -0.05) is 48.0 Å². The fourth-order valence-electron chi connectivity index (χ4n) is 3.41. The van der Waals surface area contributed by atoms with E-state index in [4.69, 9.17) is 16.3 Å². The summed E-state index contributed by atoms with van der Waals surface area (Å²) >= 11 is 6.41. The quantitative estimate of drug-likeness (QED) is 0.839. The average molecular weight is 398 g/mol. The third kappa shape index (κ3) is 4.10. The van der Waals surface area contributed by atoms with Crippen LogP contribution in [0.4, 0.5) is 10.5 Å². The summed E-state index contributed by atoms with van der Waals surface area (Å²) in [6.07, 6.45) is 0.816. The molecule has 2 amide bonds. The van der Waals surface area contributed by atoms with Crippen LogP contribution in [0.15, 0.2) is 48.5 Å². The minimum Gasteiger partial charge on any atom is -0.453 e. The summed E-state index contributed by atoms with van der Waals surface area (Å²) < 4.78 is 4.74. The van der Waals surface area contributed by atoms with Crippen LogP contribution in [0.2, 0.25) is 5.02 Å². The van der Waals surface area contributed by atoms with Crippen molar-refractivity contribution in [2.75, 3.05) is 19.0 Å². The average Bonchev–Trinajstić information content (AvgIpc) is 3.20. The van der Waals surface area contributed by atoms with E-state index >= 15 is 0 Å². The number of amides is 2. The topological polar surface area (TPSA) is 82.4 Å². The zero-order valence-electron chi connectivity index (χ0n) is 15.4. The van der Waals surface area contributed by atoms with Gasteiger partial charge in [-0.25, -0.2) is 4.79 Å². The fraction of sp³-hybridized carbons (Fsp3) is 0.286. The predicted octanol–water partition coefficient (Wildman–Crippen LogP) is 4.16. The number of methoxy groups -OCH3 is 1. The summed E-state index contributed by atoms with van der Waals surface area (Å²) in [5.41, 5.74) is 2.04. The molecule has 1 saturated heterocycles. The zero-order chi connectivity index (χ0) is 20.1. The van der Waals surface area contributed by atoms with Gasteiger partial charge in [0.05, 0.1) is 19.1 Å². The van der Waals surface area contributed by atoms with Gasteiger partial charge in [0.15, 0.2) is 0 Å². The van der Waals surface area contributed by atoms with Crippen LogP contribution in [0.5, 0.6) is 0 Å². The van der Waals surface area contributed by atoms with Crippen LogP contribution >= 0.6 is 11.6 Å². The summed E-state index contributed by atoms with van der Waals surface area (Å²) in [6.45, 7) is 0.491. The van der Waals surface area contributed by atoms with Crippen LogP contribution in [0, 0.1) is 11.3 Å². The molecule has 2 atom stereocenters. The van der Waals surface area contributed by atoms with Crippen molar-refractivity contribution in [3.63, 3.8) is 0 Å². The SMILES string of the molecule is COC(=O)N1CCCC1C(=O)Nc1ccc(C(C#N)c2ccccc2)c(Cl)c1. The van der Waals surface area contributed by atoms with E-state index in [1.165, 1.54) is 12.0 Å². The Morgan fingerprint density at radius 3 is 2.68 bits per heavy atom. The van der Waals surface area contributed by atoms with E-state index < -0.39 is 18.1 Å². The summed E-state index contributed by atoms with van der Waals surface area (Å²) in [6, 6.07) is 16.2. The van der Waals surface area contributed by atoms with Gasteiger partial charge in [0, 0.05) is 17.3 Å². The van der Waals surface area contributed by atoms with Crippen LogP contribution in [-0.2, 0) is 9.53 Å². The van der Waals surface area contributed by atoms with Crippen molar-refractivity contribution in [3.8, 4) is 6.07 Å². The maximum atomic E-state index is 12.6. The van der Waals surface area contributed by atoms with Crippen LogP contribution < -0.4 is 5.32 Å². The molecular weight excluding hydrogens is 378 g/mol. The van der Waals surface area contributed by atoms with Crippen molar-refractivity contribution in [2.45, 2.75) is 24.8 Å². The largest absolute Gasteiger partial charge is 0.453 e. The molecule has 144 valence electrons. The number of anilines is 1. The number of nitrogens with zero attached hydrogens (tertiary/aromatic N) is 2. The predicted molar refractivity (Wildman–Crippen MR) is 106 cm³/mol. The van der Waals surface area contributed by atoms with E-state index in [1.807, 2.05) is 30.3 Å². The van der Waals surface area contributed by atoms with E-state index in [9.17, 15) is 14.9 Å². The molecule has 1 aliphatic rings. The number of halogens is 1. The Morgan fingerprint density at radius 1 is 1.29 bits per heavy atom. The third-order valence-electron chi connectivity index (χ3n) is 4.81. The number of likely N-dealkylation sites (tertiary alicyclic amines) is 1. The molecule has 28 heavy (non-hydrogen) atoms. The van der Waals surface area contributed by atoms with E-state index in [2.05, 4.69) is 11.4 Å². The van der Waals surface area contributed by atoms with E-state index in [-0.39, 0.29) is 5.91 Å². The Morgan fingerprint density at radius 2 is 2.04 bits per heavy atom.